The highest BCUT2D eigenvalue weighted by atomic mass is 16.5. The summed E-state index contributed by atoms with van der Waals surface area (Å²) in [4.78, 5) is 0. The Labute approximate surface area is 107 Å². The third-order valence-corrected chi connectivity index (χ3v) is 3.07. The summed E-state index contributed by atoms with van der Waals surface area (Å²) in [6.45, 7) is 5.78. The molecule has 0 bridgehead atoms. The molecule has 3 nitrogen and oxygen atoms in total. The molecule has 3 heteroatoms. The molecule has 0 fully saturated rings. The summed E-state index contributed by atoms with van der Waals surface area (Å²) in [6, 6.07) is 0.561. The van der Waals surface area contributed by atoms with Crippen LogP contribution in [0.3, 0.4) is 0 Å². The number of aliphatic hydroxyl groups is 1. The van der Waals surface area contributed by atoms with Crippen molar-refractivity contribution in [3.8, 4) is 0 Å². The number of unbranched alkanes of at least 4 members (excludes halogenated alkanes) is 4. The van der Waals surface area contributed by atoms with Crippen LogP contribution >= 0.6 is 0 Å². The molecular formula is C14H31NO2. The minimum absolute atomic E-state index is 0.329. The van der Waals surface area contributed by atoms with Gasteiger partial charge in [-0.2, -0.15) is 0 Å². The maximum Gasteiger partial charge on any atom is 0.0785 e. The second kappa shape index (κ2) is 12.3. The summed E-state index contributed by atoms with van der Waals surface area (Å²) in [5.74, 6) is 0. The number of aliphatic hydroxyl groups excluding tert-OH is 1. The van der Waals surface area contributed by atoms with Gasteiger partial charge in [-0.05, 0) is 26.3 Å². The fourth-order valence-electron chi connectivity index (χ4n) is 1.93. The number of hydrogen-bond acceptors (Lipinski definition) is 3. The van der Waals surface area contributed by atoms with Gasteiger partial charge in [-0.25, -0.2) is 0 Å². The van der Waals surface area contributed by atoms with Crippen molar-refractivity contribution in [2.75, 3.05) is 20.3 Å². The van der Waals surface area contributed by atoms with Crippen LogP contribution in [0.15, 0.2) is 0 Å². The van der Waals surface area contributed by atoms with Crippen molar-refractivity contribution in [3.63, 3.8) is 0 Å². The number of nitrogens with one attached hydrogen (secondary N) is 1. The van der Waals surface area contributed by atoms with Crippen LogP contribution in [0.5, 0.6) is 0 Å². The zero-order chi connectivity index (χ0) is 12.9. The first-order valence-electron chi connectivity index (χ1n) is 7.11. The molecule has 0 aromatic heterocycles. The molecule has 0 amide bonds. The SMILES string of the molecule is CCCCCCCC(C)NCCC(O)COC. The topological polar surface area (TPSA) is 41.5 Å². The Morgan fingerprint density at radius 3 is 2.47 bits per heavy atom. The van der Waals surface area contributed by atoms with Crippen molar-refractivity contribution in [2.45, 2.75) is 70.9 Å². The Morgan fingerprint density at radius 2 is 1.82 bits per heavy atom. The first kappa shape index (κ1) is 16.9. The van der Waals surface area contributed by atoms with Crippen molar-refractivity contribution in [1.29, 1.82) is 0 Å². The third kappa shape index (κ3) is 12.1. The van der Waals surface area contributed by atoms with Crippen LogP contribution in [0.4, 0.5) is 0 Å². The highest BCUT2D eigenvalue weighted by Crippen LogP contribution is 2.07. The van der Waals surface area contributed by atoms with E-state index in [-0.39, 0.29) is 6.10 Å². The van der Waals surface area contributed by atoms with Crippen molar-refractivity contribution in [2.24, 2.45) is 0 Å². The average Bonchev–Trinajstić information content (AvgIpc) is 2.29. The Bertz CT molecular complexity index is 153. The molecule has 2 atom stereocenters. The average molecular weight is 245 g/mol. The van der Waals surface area contributed by atoms with Gasteiger partial charge in [-0.1, -0.05) is 39.0 Å². The monoisotopic (exact) mass is 245 g/mol. The zero-order valence-electron chi connectivity index (χ0n) is 11.9. The van der Waals surface area contributed by atoms with Crippen LogP contribution in [0.25, 0.3) is 0 Å². The summed E-state index contributed by atoms with van der Waals surface area (Å²) < 4.78 is 4.89. The second-order valence-corrected chi connectivity index (χ2v) is 4.96. The molecule has 0 aliphatic rings. The van der Waals surface area contributed by atoms with Gasteiger partial charge in [0, 0.05) is 13.2 Å². The molecule has 0 aliphatic carbocycles. The van der Waals surface area contributed by atoms with E-state index in [1.165, 1.54) is 38.5 Å². The molecule has 2 N–H and O–H groups in total. The Hall–Kier alpha value is -0.120. The first-order valence-corrected chi connectivity index (χ1v) is 7.11. The van der Waals surface area contributed by atoms with Crippen LogP contribution in [-0.2, 0) is 4.74 Å². The lowest BCUT2D eigenvalue weighted by molar-refractivity contribution is 0.0590. The molecule has 0 aromatic carbocycles. The minimum Gasteiger partial charge on any atom is -0.391 e. The summed E-state index contributed by atoms with van der Waals surface area (Å²) >= 11 is 0. The van der Waals surface area contributed by atoms with Crippen molar-refractivity contribution in [3.05, 3.63) is 0 Å². The molecule has 0 aromatic rings. The van der Waals surface area contributed by atoms with E-state index in [4.69, 9.17) is 4.74 Å². The zero-order valence-corrected chi connectivity index (χ0v) is 11.9. The van der Waals surface area contributed by atoms with Crippen LogP contribution in [0, 0.1) is 0 Å². The first-order chi connectivity index (χ1) is 8.20. The van der Waals surface area contributed by atoms with Gasteiger partial charge < -0.3 is 15.2 Å². The lowest BCUT2D eigenvalue weighted by Gasteiger charge is -2.15. The van der Waals surface area contributed by atoms with Gasteiger partial charge in [-0.15, -0.1) is 0 Å². The van der Waals surface area contributed by atoms with E-state index >= 15 is 0 Å². The predicted molar refractivity (Wildman–Crippen MR) is 73.3 cm³/mol. The van der Waals surface area contributed by atoms with Crippen molar-refractivity contribution < 1.29 is 9.84 Å². The fraction of sp³-hybridized carbons (Fsp3) is 1.00. The van der Waals surface area contributed by atoms with Crippen molar-refractivity contribution in [1.82, 2.24) is 5.32 Å². The lowest BCUT2D eigenvalue weighted by atomic mass is 10.1. The molecule has 0 saturated carbocycles. The molecule has 0 heterocycles. The lowest BCUT2D eigenvalue weighted by Crippen LogP contribution is -2.30. The minimum atomic E-state index is -0.329. The fourth-order valence-corrected chi connectivity index (χ4v) is 1.93. The number of hydrogen-bond donors (Lipinski definition) is 2. The Balaban J connectivity index is 3.25. The van der Waals surface area contributed by atoms with Crippen LogP contribution in [-0.4, -0.2) is 37.5 Å². The van der Waals surface area contributed by atoms with Gasteiger partial charge in [0.05, 0.1) is 12.7 Å². The van der Waals surface area contributed by atoms with Crippen LogP contribution < -0.4 is 5.32 Å². The quantitative estimate of drug-likeness (QED) is 0.519. The smallest absolute Gasteiger partial charge is 0.0785 e. The van der Waals surface area contributed by atoms with Gasteiger partial charge >= 0.3 is 0 Å². The van der Waals surface area contributed by atoms with Crippen LogP contribution in [0.2, 0.25) is 0 Å². The summed E-state index contributed by atoms with van der Waals surface area (Å²) in [5, 5.41) is 12.9. The van der Waals surface area contributed by atoms with Gasteiger partial charge in [0.15, 0.2) is 0 Å². The summed E-state index contributed by atoms with van der Waals surface area (Å²) in [7, 11) is 1.62. The van der Waals surface area contributed by atoms with Crippen molar-refractivity contribution >= 4 is 0 Å². The van der Waals surface area contributed by atoms with Crippen LogP contribution in [0.1, 0.15) is 58.8 Å². The molecule has 0 saturated heterocycles. The van der Waals surface area contributed by atoms with E-state index in [2.05, 4.69) is 19.2 Å². The van der Waals surface area contributed by atoms with E-state index in [1.54, 1.807) is 7.11 Å². The molecular weight excluding hydrogens is 214 g/mol. The summed E-state index contributed by atoms with van der Waals surface area (Å²) in [5.41, 5.74) is 0. The number of methoxy groups -OCH3 is 1. The molecule has 0 radical (unpaired) electrons. The highest BCUT2D eigenvalue weighted by Gasteiger charge is 2.05. The molecule has 0 rings (SSSR count). The normalized spacial score (nSPS) is 14.8. The Morgan fingerprint density at radius 1 is 1.12 bits per heavy atom. The van der Waals surface area contributed by atoms with E-state index in [9.17, 15) is 5.11 Å². The van der Waals surface area contributed by atoms with E-state index in [0.29, 0.717) is 12.6 Å². The van der Waals surface area contributed by atoms with Gasteiger partial charge in [0.25, 0.3) is 0 Å². The number of ether oxygens (including phenoxy) is 1. The van der Waals surface area contributed by atoms with Gasteiger partial charge in [-0.3, -0.25) is 0 Å². The molecule has 17 heavy (non-hydrogen) atoms. The van der Waals surface area contributed by atoms with Gasteiger partial charge in [0.1, 0.15) is 0 Å². The maximum atomic E-state index is 9.47. The maximum absolute atomic E-state index is 9.47. The Kier molecular flexibility index (Phi) is 12.3. The van der Waals surface area contributed by atoms with E-state index in [0.717, 1.165) is 13.0 Å². The van der Waals surface area contributed by atoms with E-state index in [1.807, 2.05) is 0 Å². The van der Waals surface area contributed by atoms with Gasteiger partial charge in [0.2, 0.25) is 0 Å². The molecule has 0 aliphatic heterocycles. The molecule has 104 valence electrons. The predicted octanol–water partition coefficient (Wildman–Crippen LogP) is 2.72. The molecule has 2 unspecified atom stereocenters. The largest absolute Gasteiger partial charge is 0.391 e. The second-order valence-electron chi connectivity index (χ2n) is 4.96. The molecule has 0 spiro atoms. The highest BCUT2D eigenvalue weighted by molar-refractivity contribution is 4.63. The number of rotatable bonds is 12. The standard InChI is InChI=1S/C14H31NO2/c1-4-5-6-7-8-9-13(2)15-11-10-14(16)12-17-3/h13-16H,4-12H2,1-3H3. The summed E-state index contributed by atoms with van der Waals surface area (Å²) in [6.07, 6.45) is 8.40. The third-order valence-electron chi connectivity index (χ3n) is 3.07. The van der Waals surface area contributed by atoms with E-state index < -0.39 is 0 Å².